The Morgan fingerprint density at radius 2 is 1.46 bits per heavy atom. The second kappa shape index (κ2) is 9.72. The van der Waals surface area contributed by atoms with Crippen molar-refractivity contribution < 1.29 is 19.7 Å². The second-order valence-electron chi connectivity index (χ2n) is 6.52. The molecule has 0 aromatic heterocycles. The van der Waals surface area contributed by atoms with Gasteiger partial charge in [0, 0.05) is 47.3 Å². The van der Waals surface area contributed by atoms with E-state index in [0.29, 0.717) is 27.8 Å². The molecule has 1 heterocycles. The fraction of sp³-hybridized carbons (Fsp3) is 0.368. The highest BCUT2D eigenvalue weighted by atomic mass is 35.5. The number of ether oxygens (including phenoxy) is 2. The molecule has 1 aliphatic heterocycles. The second-order valence-corrected chi connectivity index (χ2v) is 8.20. The van der Waals surface area contributed by atoms with Crippen LogP contribution in [-0.2, 0) is 22.6 Å². The third-order valence-corrected chi connectivity index (χ3v) is 5.35. The number of hydrogen-bond acceptors (Lipinski definition) is 5. The quantitative estimate of drug-likeness (QED) is 0.503. The molecule has 3 rings (SSSR count). The van der Waals surface area contributed by atoms with Crippen LogP contribution in [0, 0.1) is 0 Å². The van der Waals surface area contributed by atoms with Crippen molar-refractivity contribution in [2.75, 3.05) is 13.3 Å². The zero-order chi connectivity index (χ0) is 20.3. The highest BCUT2D eigenvalue weighted by Crippen LogP contribution is 2.34. The predicted octanol–water partition coefficient (Wildman–Crippen LogP) is 5.82. The summed E-state index contributed by atoms with van der Waals surface area (Å²) in [6, 6.07) is 6.20. The minimum absolute atomic E-state index is 0.0541. The maximum absolute atomic E-state index is 10.3. The molecular formula is C19H19Cl4NO4. The zero-order valence-corrected chi connectivity index (χ0v) is 17.8. The first-order valence-electron chi connectivity index (χ1n) is 8.63. The van der Waals surface area contributed by atoms with Crippen LogP contribution < -0.4 is 0 Å². The highest BCUT2D eigenvalue weighted by molar-refractivity contribution is 6.36. The summed E-state index contributed by atoms with van der Waals surface area (Å²) in [6.45, 7) is 1.39. The van der Waals surface area contributed by atoms with E-state index in [4.69, 9.17) is 55.9 Å². The minimum Gasteiger partial charge on any atom is -0.506 e. The SMILES string of the molecule is Oc1c(Cl)cc(Cl)cc1CN(COC1CCCO1)Cc1cc(Cl)cc(Cl)c1O. The van der Waals surface area contributed by atoms with Gasteiger partial charge in [-0.1, -0.05) is 46.4 Å². The Morgan fingerprint density at radius 3 is 1.93 bits per heavy atom. The van der Waals surface area contributed by atoms with Crippen LogP contribution in [0.2, 0.25) is 20.1 Å². The minimum atomic E-state index is -0.282. The number of phenolic OH excluding ortho intramolecular Hbond substituents is 2. The van der Waals surface area contributed by atoms with Gasteiger partial charge in [0.1, 0.15) is 18.2 Å². The van der Waals surface area contributed by atoms with Crippen molar-refractivity contribution >= 4 is 46.4 Å². The van der Waals surface area contributed by atoms with Gasteiger partial charge in [-0.2, -0.15) is 0 Å². The van der Waals surface area contributed by atoms with Crippen molar-refractivity contribution in [3.8, 4) is 11.5 Å². The van der Waals surface area contributed by atoms with Crippen molar-refractivity contribution in [1.29, 1.82) is 0 Å². The van der Waals surface area contributed by atoms with Gasteiger partial charge in [-0.3, -0.25) is 4.90 Å². The molecular weight excluding hydrogens is 448 g/mol. The first-order chi connectivity index (χ1) is 13.3. The van der Waals surface area contributed by atoms with E-state index >= 15 is 0 Å². The zero-order valence-electron chi connectivity index (χ0n) is 14.8. The van der Waals surface area contributed by atoms with Crippen molar-refractivity contribution in [3.63, 3.8) is 0 Å². The average molecular weight is 467 g/mol. The standard InChI is InChI=1S/C19H19Cl4NO4/c20-13-4-11(18(25)15(22)6-13)8-24(10-28-17-2-1-3-27-17)9-12-5-14(21)7-16(23)19(12)26/h4-7,17,25-26H,1-3,8-10H2. The summed E-state index contributed by atoms with van der Waals surface area (Å²) in [7, 11) is 0. The first kappa shape index (κ1) is 21.8. The lowest BCUT2D eigenvalue weighted by Gasteiger charge is -2.25. The molecule has 0 amide bonds. The van der Waals surface area contributed by atoms with Gasteiger partial charge in [0.25, 0.3) is 0 Å². The fourth-order valence-electron chi connectivity index (χ4n) is 2.98. The van der Waals surface area contributed by atoms with E-state index in [9.17, 15) is 10.2 Å². The largest absolute Gasteiger partial charge is 0.506 e. The lowest BCUT2D eigenvalue weighted by molar-refractivity contribution is -0.144. The molecule has 2 aromatic carbocycles. The first-order valence-corrected chi connectivity index (χ1v) is 10.1. The van der Waals surface area contributed by atoms with E-state index < -0.39 is 0 Å². The molecule has 152 valence electrons. The predicted molar refractivity (Wildman–Crippen MR) is 110 cm³/mol. The van der Waals surface area contributed by atoms with E-state index in [1.54, 1.807) is 12.1 Å². The fourth-order valence-corrected chi connectivity index (χ4v) is 4.05. The Labute approximate surface area is 183 Å². The van der Waals surface area contributed by atoms with Crippen LogP contribution in [0.25, 0.3) is 0 Å². The topological polar surface area (TPSA) is 62.2 Å². The Bertz CT molecular complexity index is 784. The third-order valence-electron chi connectivity index (χ3n) is 4.33. The summed E-state index contributed by atoms with van der Waals surface area (Å²) >= 11 is 24.2. The molecule has 0 radical (unpaired) electrons. The molecule has 1 aliphatic rings. The number of rotatable bonds is 7. The number of halogens is 4. The van der Waals surface area contributed by atoms with Crippen LogP contribution in [0.15, 0.2) is 24.3 Å². The number of phenols is 2. The Balaban J connectivity index is 1.82. The van der Waals surface area contributed by atoms with Gasteiger partial charge >= 0.3 is 0 Å². The van der Waals surface area contributed by atoms with Crippen molar-refractivity contribution in [3.05, 3.63) is 55.5 Å². The molecule has 0 saturated carbocycles. The molecule has 1 fully saturated rings. The van der Waals surface area contributed by atoms with Crippen LogP contribution in [0.3, 0.4) is 0 Å². The maximum atomic E-state index is 10.3. The van der Waals surface area contributed by atoms with Gasteiger partial charge in [-0.05, 0) is 30.7 Å². The van der Waals surface area contributed by atoms with Gasteiger partial charge in [0.2, 0.25) is 0 Å². The summed E-state index contributed by atoms with van der Waals surface area (Å²) in [5, 5.41) is 21.7. The highest BCUT2D eigenvalue weighted by Gasteiger charge is 2.20. The van der Waals surface area contributed by atoms with Crippen molar-refractivity contribution in [2.45, 2.75) is 32.2 Å². The molecule has 1 unspecified atom stereocenters. The van der Waals surface area contributed by atoms with Crippen LogP contribution in [0.1, 0.15) is 24.0 Å². The number of aromatic hydroxyl groups is 2. The van der Waals surface area contributed by atoms with E-state index in [0.717, 1.165) is 12.8 Å². The molecule has 2 N–H and O–H groups in total. The number of hydrogen-bond donors (Lipinski definition) is 2. The third kappa shape index (κ3) is 5.57. The Hall–Kier alpha value is -0.920. The monoisotopic (exact) mass is 465 g/mol. The molecule has 9 heteroatoms. The van der Waals surface area contributed by atoms with Gasteiger partial charge in [-0.25, -0.2) is 0 Å². The molecule has 0 spiro atoms. The molecule has 28 heavy (non-hydrogen) atoms. The molecule has 2 aromatic rings. The number of nitrogens with zero attached hydrogens (tertiary/aromatic N) is 1. The normalized spacial score (nSPS) is 16.8. The van der Waals surface area contributed by atoms with Gasteiger partial charge in [-0.15, -0.1) is 0 Å². The van der Waals surface area contributed by atoms with E-state index in [1.807, 2.05) is 4.90 Å². The van der Waals surface area contributed by atoms with E-state index in [2.05, 4.69) is 0 Å². The van der Waals surface area contributed by atoms with Crippen LogP contribution in [-0.4, -0.2) is 34.7 Å². The van der Waals surface area contributed by atoms with E-state index in [-0.39, 0.29) is 47.7 Å². The number of benzene rings is 2. The van der Waals surface area contributed by atoms with Gasteiger partial charge < -0.3 is 19.7 Å². The Kier molecular flexibility index (Phi) is 7.56. The van der Waals surface area contributed by atoms with Crippen LogP contribution >= 0.6 is 46.4 Å². The lowest BCUT2D eigenvalue weighted by atomic mass is 10.1. The van der Waals surface area contributed by atoms with Crippen LogP contribution in [0.5, 0.6) is 11.5 Å². The summed E-state index contributed by atoms with van der Waals surface area (Å²) in [4.78, 5) is 1.85. The summed E-state index contributed by atoms with van der Waals surface area (Å²) in [6.07, 6.45) is 1.48. The van der Waals surface area contributed by atoms with Crippen molar-refractivity contribution in [2.24, 2.45) is 0 Å². The molecule has 1 atom stereocenters. The van der Waals surface area contributed by atoms with Gasteiger partial charge in [0.15, 0.2) is 6.29 Å². The molecule has 1 saturated heterocycles. The van der Waals surface area contributed by atoms with E-state index in [1.165, 1.54) is 12.1 Å². The summed E-state index contributed by atoms with van der Waals surface area (Å²) < 4.78 is 11.3. The molecule has 0 aliphatic carbocycles. The molecule has 5 nitrogen and oxygen atoms in total. The van der Waals surface area contributed by atoms with Gasteiger partial charge in [0.05, 0.1) is 10.0 Å². The van der Waals surface area contributed by atoms with Crippen LogP contribution in [0.4, 0.5) is 0 Å². The Morgan fingerprint density at radius 1 is 0.929 bits per heavy atom. The average Bonchev–Trinajstić information content (AvgIpc) is 3.14. The van der Waals surface area contributed by atoms with Crippen molar-refractivity contribution in [1.82, 2.24) is 4.90 Å². The summed E-state index contributed by atoms with van der Waals surface area (Å²) in [5.74, 6) is -0.108. The summed E-state index contributed by atoms with van der Waals surface area (Å²) in [5.41, 5.74) is 1.06. The lowest BCUT2D eigenvalue weighted by Crippen LogP contribution is -2.28. The smallest absolute Gasteiger partial charge is 0.159 e. The molecule has 0 bridgehead atoms. The maximum Gasteiger partial charge on any atom is 0.159 e.